The molecule has 0 unspecified atom stereocenters. The van der Waals surface area contributed by atoms with Crippen molar-refractivity contribution in [2.24, 2.45) is 5.92 Å². The lowest BCUT2D eigenvalue weighted by atomic mass is 10.1. The normalized spacial score (nSPS) is 14.6. The van der Waals surface area contributed by atoms with Crippen LogP contribution in [0, 0.1) is 12.8 Å². The standard InChI is InChI=1S/C23H29ClN6O/c1-5-19-25-22(29-12-10-28(11-13-29)20(31)14-15(2)3)21-16(4)27-30(23(21)26-19)18-9-7-6-8-17(18)24/h6-9,15H,5,10-14H2,1-4H3. The predicted molar refractivity (Wildman–Crippen MR) is 124 cm³/mol. The van der Waals surface area contributed by atoms with Gasteiger partial charge in [-0.1, -0.05) is 44.5 Å². The summed E-state index contributed by atoms with van der Waals surface area (Å²) in [5, 5.41) is 6.34. The molecule has 164 valence electrons. The molecule has 1 aliphatic rings. The summed E-state index contributed by atoms with van der Waals surface area (Å²) in [6.45, 7) is 11.1. The molecule has 2 aromatic heterocycles. The zero-order chi connectivity index (χ0) is 22.1. The molecule has 3 heterocycles. The monoisotopic (exact) mass is 440 g/mol. The molecular weight excluding hydrogens is 412 g/mol. The summed E-state index contributed by atoms with van der Waals surface area (Å²) >= 11 is 6.46. The van der Waals surface area contributed by atoms with Gasteiger partial charge in [0.05, 0.1) is 21.8 Å². The van der Waals surface area contributed by atoms with Gasteiger partial charge in [0, 0.05) is 39.0 Å². The average Bonchev–Trinajstić information content (AvgIpc) is 3.09. The number of carbonyl (C=O) groups excluding carboxylic acids is 1. The second-order valence-corrected chi connectivity index (χ2v) is 8.84. The molecule has 0 radical (unpaired) electrons. The highest BCUT2D eigenvalue weighted by Gasteiger charge is 2.26. The van der Waals surface area contributed by atoms with Gasteiger partial charge in [-0.2, -0.15) is 5.10 Å². The molecule has 1 fully saturated rings. The lowest BCUT2D eigenvalue weighted by Gasteiger charge is -2.36. The highest BCUT2D eigenvalue weighted by Crippen LogP contribution is 2.31. The first-order valence-corrected chi connectivity index (χ1v) is 11.3. The first-order valence-electron chi connectivity index (χ1n) is 10.9. The Hall–Kier alpha value is -2.67. The van der Waals surface area contributed by atoms with Crippen molar-refractivity contribution in [3.63, 3.8) is 0 Å². The quantitative estimate of drug-likeness (QED) is 0.599. The van der Waals surface area contributed by atoms with Gasteiger partial charge in [0.15, 0.2) is 5.65 Å². The molecule has 0 atom stereocenters. The minimum Gasteiger partial charge on any atom is -0.352 e. The van der Waals surface area contributed by atoms with Crippen molar-refractivity contribution in [1.29, 1.82) is 0 Å². The van der Waals surface area contributed by atoms with E-state index in [0.29, 0.717) is 30.5 Å². The summed E-state index contributed by atoms with van der Waals surface area (Å²) < 4.78 is 1.82. The van der Waals surface area contributed by atoms with Gasteiger partial charge in [-0.15, -0.1) is 0 Å². The zero-order valence-electron chi connectivity index (χ0n) is 18.6. The Morgan fingerprint density at radius 3 is 2.48 bits per heavy atom. The first-order chi connectivity index (χ1) is 14.9. The largest absolute Gasteiger partial charge is 0.352 e. The van der Waals surface area contributed by atoms with Crippen LogP contribution < -0.4 is 4.90 Å². The third kappa shape index (κ3) is 4.24. The number of benzene rings is 1. The summed E-state index contributed by atoms with van der Waals surface area (Å²) in [4.78, 5) is 26.4. The van der Waals surface area contributed by atoms with Crippen LogP contribution in [-0.2, 0) is 11.2 Å². The number of piperazine rings is 1. The lowest BCUT2D eigenvalue weighted by Crippen LogP contribution is -2.49. The fourth-order valence-electron chi connectivity index (χ4n) is 4.03. The van der Waals surface area contributed by atoms with Gasteiger partial charge in [-0.05, 0) is 25.0 Å². The molecule has 1 aliphatic heterocycles. The lowest BCUT2D eigenvalue weighted by molar-refractivity contribution is -0.132. The number of amides is 1. The van der Waals surface area contributed by atoms with Crippen molar-refractivity contribution in [1.82, 2.24) is 24.6 Å². The van der Waals surface area contributed by atoms with Crippen LogP contribution in [0.15, 0.2) is 24.3 Å². The van der Waals surface area contributed by atoms with E-state index in [-0.39, 0.29) is 5.91 Å². The van der Waals surface area contributed by atoms with Crippen molar-refractivity contribution in [3.05, 3.63) is 40.8 Å². The molecular formula is C23H29ClN6O. The number of fused-ring (bicyclic) bond motifs is 1. The molecule has 1 amide bonds. The highest BCUT2D eigenvalue weighted by atomic mass is 35.5. The van der Waals surface area contributed by atoms with Crippen LogP contribution in [0.1, 0.15) is 38.7 Å². The molecule has 31 heavy (non-hydrogen) atoms. The number of para-hydroxylation sites is 1. The number of hydrogen-bond acceptors (Lipinski definition) is 5. The maximum Gasteiger partial charge on any atom is 0.222 e. The molecule has 1 saturated heterocycles. The zero-order valence-corrected chi connectivity index (χ0v) is 19.4. The van der Waals surface area contributed by atoms with E-state index in [1.54, 1.807) is 0 Å². The Kier molecular flexibility index (Phi) is 6.14. The van der Waals surface area contributed by atoms with Gasteiger partial charge in [0.1, 0.15) is 11.6 Å². The van der Waals surface area contributed by atoms with Crippen LogP contribution in [0.4, 0.5) is 5.82 Å². The smallest absolute Gasteiger partial charge is 0.222 e. The number of anilines is 1. The third-order valence-corrected chi connectivity index (χ3v) is 5.96. The van der Waals surface area contributed by atoms with Gasteiger partial charge in [-0.25, -0.2) is 14.6 Å². The van der Waals surface area contributed by atoms with Crippen LogP contribution >= 0.6 is 11.6 Å². The van der Waals surface area contributed by atoms with E-state index in [9.17, 15) is 4.79 Å². The Morgan fingerprint density at radius 2 is 1.84 bits per heavy atom. The number of aromatic nitrogens is 4. The molecule has 0 aliphatic carbocycles. The van der Waals surface area contributed by atoms with Crippen LogP contribution in [0.3, 0.4) is 0 Å². The Morgan fingerprint density at radius 1 is 1.13 bits per heavy atom. The summed E-state index contributed by atoms with van der Waals surface area (Å²) in [5.74, 6) is 2.28. The number of carbonyl (C=O) groups is 1. The number of rotatable bonds is 5. The minimum atomic E-state index is 0.236. The van der Waals surface area contributed by atoms with E-state index in [1.165, 1.54) is 0 Å². The molecule has 0 saturated carbocycles. The summed E-state index contributed by atoms with van der Waals surface area (Å²) in [7, 11) is 0. The van der Waals surface area contributed by atoms with Crippen molar-refractivity contribution in [2.75, 3.05) is 31.1 Å². The molecule has 4 rings (SSSR count). The predicted octanol–water partition coefficient (Wildman–Crippen LogP) is 4.03. The van der Waals surface area contributed by atoms with Gasteiger partial charge in [0.2, 0.25) is 5.91 Å². The molecule has 3 aromatic rings. The molecule has 7 nitrogen and oxygen atoms in total. The van der Waals surface area contributed by atoms with Gasteiger partial charge in [-0.3, -0.25) is 4.79 Å². The van der Waals surface area contributed by atoms with Crippen molar-refractivity contribution in [3.8, 4) is 5.69 Å². The van der Waals surface area contributed by atoms with Gasteiger partial charge >= 0.3 is 0 Å². The van der Waals surface area contributed by atoms with Crippen LogP contribution in [0.25, 0.3) is 16.7 Å². The third-order valence-electron chi connectivity index (χ3n) is 5.64. The topological polar surface area (TPSA) is 67.2 Å². The van der Waals surface area contributed by atoms with Crippen molar-refractivity contribution >= 4 is 34.4 Å². The molecule has 0 N–H and O–H groups in total. The fraction of sp³-hybridized carbons (Fsp3) is 0.478. The van der Waals surface area contributed by atoms with E-state index < -0.39 is 0 Å². The van der Waals surface area contributed by atoms with E-state index in [2.05, 4.69) is 25.7 Å². The second kappa shape index (κ2) is 8.83. The van der Waals surface area contributed by atoms with Gasteiger partial charge < -0.3 is 9.80 Å². The molecule has 0 spiro atoms. The molecule has 8 heteroatoms. The minimum absolute atomic E-state index is 0.236. The SMILES string of the molecule is CCc1nc(N2CCN(C(=O)CC(C)C)CC2)c2c(C)nn(-c3ccccc3Cl)c2n1. The Labute approximate surface area is 188 Å². The number of halogens is 1. The fourth-order valence-corrected chi connectivity index (χ4v) is 4.25. The molecule has 1 aromatic carbocycles. The first kappa shape index (κ1) is 21.6. The van der Waals surface area contributed by atoms with E-state index >= 15 is 0 Å². The van der Waals surface area contributed by atoms with Crippen LogP contribution in [0.2, 0.25) is 5.02 Å². The maximum absolute atomic E-state index is 12.5. The summed E-state index contributed by atoms with van der Waals surface area (Å²) in [6.07, 6.45) is 1.32. The number of nitrogens with zero attached hydrogens (tertiary/aromatic N) is 6. The van der Waals surface area contributed by atoms with Crippen molar-refractivity contribution in [2.45, 2.75) is 40.5 Å². The van der Waals surface area contributed by atoms with Crippen molar-refractivity contribution < 1.29 is 4.79 Å². The van der Waals surface area contributed by atoms with E-state index in [4.69, 9.17) is 26.7 Å². The maximum atomic E-state index is 12.5. The Balaban J connectivity index is 1.71. The second-order valence-electron chi connectivity index (χ2n) is 8.43. The summed E-state index contributed by atoms with van der Waals surface area (Å²) in [5.41, 5.74) is 2.44. The summed E-state index contributed by atoms with van der Waals surface area (Å²) in [6, 6.07) is 7.65. The van der Waals surface area contributed by atoms with Gasteiger partial charge in [0.25, 0.3) is 0 Å². The Bertz CT molecular complexity index is 1100. The average molecular weight is 441 g/mol. The van der Waals surface area contributed by atoms with E-state index in [0.717, 1.165) is 53.6 Å². The molecule has 0 bridgehead atoms. The highest BCUT2D eigenvalue weighted by molar-refractivity contribution is 6.32. The van der Waals surface area contributed by atoms with E-state index in [1.807, 2.05) is 40.8 Å². The number of aryl methyl sites for hydroxylation is 2. The van der Waals surface area contributed by atoms with Crippen LogP contribution in [-0.4, -0.2) is 56.7 Å². The van der Waals surface area contributed by atoms with Crippen LogP contribution in [0.5, 0.6) is 0 Å². The number of hydrogen-bond donors (Lipinski definition) is 0.